The zero-order chi connectivity index (χ0) is 12.3. The van der Waals surface area contributed by atoms with E-state index in [4.69, 9.17) is 9.84 Å². The third-order valence-electron chi connectivity index (χ3n) is 2.16. The van der Waals surface area contributed by atoms with Gasteiger partial charge in [0.05, 0.1) is 12.2 Å². The van der Waals surface area contributed by atoms with Crippen molar-refractivity contribution in [2.75, 3.05) is 6.61 Å². The van der Waals surface area contributed by atoms with Crippen LogP contribution in [0.3, 0.4) is 0 Å². The molecule has 0 aliphatic rings. The Morgan fingerprint density at radius 1 is 1.31 bits per heavy atom. The fraction of sp³-hybridized carbons (Fsp3) is 0.333. The van der Waals surface area contributed by atoms with E-state index in [1.165, 1.54) is 0 Å². The molecule has 0 amide bonds. The molecule has 0 aliphatic carbocycles. The van der Waals surface area contributed by atoms with E-state index in [-0.39, 0.29) is 5.56 Å². The number of hydrogen-bond acceptors (Lipinski definition) is 3. The monoisotopic (exact) mass is 222 g/mol. The molecule has 0 spiro atoms. The number of ketones is 1. The van der Waals surface area contributed by atoms with Crippen molar-refractivity contribution in [2.24, 2.45) is 0 Å². The molecule has 0 saturated heterocycles. The van der Waals surface area contributed by atoms with E-state index < -0.39 is 11.8 Å². The number of hydrogen-bond donors (Lipinski definition) is 1. The number of benzene rings is 1. The number of carbonyl (C=O) groups is 2. The lowest BCUT2D eigenvalue weighted by Crippen LogP contribution is -2.16. The van der Waals surface area contributed by atoms with Gasteiger partial charge in [0.2, 0.25) is 0 Å². The Morgan fingerprint density at radius 3 is 2.44 bits per heavy atom. The van der Waals surface area contributed by atoms with Gasteiger partial charge in [0.25, 0.3) is 5.78 Å². The molecule has 4 nitrogen and oxygen atoms in total. The van der Waals surface area contributed by atoms with Crippen molar-refractivity contribution in [3.8, 4) is 5.75 Å². The van der Waals surface area contributed by atoms with Crippen LogP contribution in [0.1, 0.15) is 28.4 Å². The smallest absolute Gasteiger partial charge is 0.377 e. The molecule has 0 unspecified atom stereocenters. The van der Waals surface area contributed by atoms with Crippen LogP contribution in [0.4, 0.5) is 0 Å². The van der Waals surface area contributed by atoms with E-state index in [1.54, 1.807) is 26.0 Å². The first kappa shape index (κ1) is 12.2. The van der Waals surface area contributed by atoms with Crippen molar-refractivity contribution in [3.05, 3.63) is 28.8 Å². The standard InChI is InChI=1S/C12H14O4/c1-4-16-9-6-7(2)5-8(3)10(9)11(13)12(14)15/h5-6H,4H2,1-3H3,(H,14,15). The van der Waals surface area contributed by atoms with Crippen molar-refractivity contribution in [1.82, 2.24) is 0 Å². The molecule has 0 bridgehead atoms. The van der Waals surface area contributed by atoms with Crippen molar-refractivity contribution in [3.63, 3.8) is 0 Å². The van der Waals surface area contributed by atoms with E-state index in [2.05, 4.69) is 0 Å². The predicted molar refractivity (Wildman–Crippen MR) is 59.1 cm³/mol. The summed E-state index contributed by atoms with van der Waals surface area (Å²) in [4.78, 5) is 22.2. The maximum Gasteiger partial charge on any atom is 0.377 e. The van der Waals surface area contributed by atoms with Gasteiger partial charge < -0.3 is 9.84 Å². The van der Waals surface area contributed by atoms with E-state index in [9.17, 15) is 9.59 Å². The Labute approximate surface area is 93.9 Å². The molecule has 1 rings (SSSR count). The van der Waals surface area contributed by atoms with Gasteiger partial charge in [-0.3, -0.25) is 4.79 Å². The second kappa shape index (κ2) is 4.79. The van der Waals surface area contributed by atoms with Crippen LogP contribution in [0.15, 0.2) is 12.1 Å². The second-order valence-corrected chi connectivity index (χ2v) is 3.52. The third-order valence-corrected chi connectivity index (χ3v) is 2.16. The Bertz CT molecular complexity index is 435. The fourth-order valence-electron chi connectivity index (χ4n) is 1.60. The Kier molecular flexibility index (Phi) is 3.66. The normalized spacial score (nSPS) is 9.94. The van der Waals surface area contributed by atoms with Crippen molar-refractivity contribution >= 4 is 11.8 Å². The van der Waals surface area contributed by atoms with Gasteiger partial charge in [-0.05, 0) is 38.0 Å². The van der Waals surface area contributed by atoms with Crippen LogP contribution < -0.4 is 4.74 Å². The second-order valence-electron chi connectivity index (χ2n) is 3.52. The lowest BCUT2D eigenvalue weighted by Gasteiger charge is -2.11. The number of aryl methyl sites for hydroxylation is 2. The fourth-order valence-corrected chi connectivity index (χ4v) is 1.60. The summed E-state index contributed by atoms with van der Waals surface area (Å²) in [5, 5.41) is 8.72. The van der Waals surface area contributed by atoms with Crippen LogP contribution in [-0.2, 0) is 4.79 Å². The summed E-state index contributed by atoms with van der Waals surface area (Å²) in [6.07, 6.45) is 0. The number of Topliss-reactive ketones (excluding diaryl/α,β-unsaturated/α-hetero) is 1. The summed E-state index contributed by atoms with van der Waals surface area (Å²) >= 11 is 0. The van der Waals surface area contributed by atoms with Crippen molar-refractivity contribution < 1.29 is 19.4 Å². The summed E-state index contributed by atoms with van der Waals surface area (Å²) in [7, 11) is 0. The van der Waals surface area contributed by atoms with Crippen LogP contribution in [0, 0.1) is 13.8 Å². The minimum atomic E-state index is -1.46. The predicted octanol–water partition coefficient (Wildman–Crippen LogP) is 1.97. The molecular formula is C12H14O4. The maximum absolute atomic E-state index is 11.5. The molecule has 4 heteroatoms. The van der Waals surface area contributed by atoms with Crippen LogP contribution in [-0.4, -0.2) is 23.5 Å². The van der Waals surface area contributed by atoms with Gasteiger partial charge in [0.1, 0.15) is 5.75 Å². The molecule has 0 aromatic heterocycles. The highest BCUT2D eigenvalue weighted by Gasteiger charge is 2.22. The average Bonchev–Trinajstić information content (AvgIpc) is 2.16. The van der Waals surface area contributed by atoms with E-state index in [0.29, 0.717) is 17.9 Å². The quantitative estimate of drug-likeness (QED) is 0.625. The van der Waals surface area contributed by atoms with E-state index in [0.717, 1.165) is 5.56 Å². The van der Waals surface area contributed by atoms with E-state index >= 15 is 0 Å². The largest absolute Gasteiger partial charge is 0.493 e. The number of carbonyl (C=O) groups excluding carboxylic acids is 1. The van der Waals surface area contributed by atoms with Crippen LogP contribution in [0.5, 0.6) is 5.75 Å². The molecule has 0 atom stereocenters. The van der Waals surface area contributed by atoms with Crippen LogP contribution in [0.2, 0.25) is 0 Å². The molecule has 86 valence electrons. The number of carboxylic acids is 1. The average molecular weight is 222 g/mol. The summed E-state index contributed by atoms with van der Waals surface area (Å²) in [6.45, 7) is 5.74. The van der Waals surface area contributed by atoms with Gasteiger partial charge in [-0.2, -0.15) is 0 Å². The van der Waals surface area contributed by atoms with Gasteiger partial charge >= 0.3 is 5.97 Å². The Hall–Kier alpha value is -1.84. The molecule has 0 radical (unpaired) electrons. The van der Waals surface area contributed by atoms with Gasteiger partial charge in [0, 0.05) is 0 Å². The molecule has 0 heterocycles. The van der Waals surface area contributed by atoms with Gasteiger partial charge in [-0.25, -0.2) is 4.79 Å². The molecule has 0 fully saturated rings. The SMILES string of the molecule is CCOc1cc(C)cc(C)c1C(=O)C(=O)O. The summed E-state index contributed by atoms with van der Waals surface area (Å²) in [5.41, 5.74) is 1.69. The topological polar surface area (TPSA) is 63.6 Å². The highest BCUT2D eigenvalue weighted by Crippen LogP contribution is 2.25. The van der Waals surface area contributed by atoms with Gasteiger partial charge in [-0.15, -0.1) is 0 Å². The summed E-state index contributed by atoms with van der Waals surface area (Å²) in [6, 6.07) is 3.44. The molecule has 0 aliphatic heterocycles. The van der Waals surface area contributed by atoms with Crippen LogP contribution >= 0.6 is 0 Å². The molecule has 1 aromatic rings. The molecule has 1 aromatic carbocycles. The van der Waals surface area contributed by atoms with Gasteiger partial charge in [0.15, 0.2) is 0 Å². The minimum Gasteiger partial charge on any atom is -0.493 e. The lowest BCUT2D eigenvalue weighted by atomic mass is 10.0. The summed E-state index contributed by atoms with van der Waals surface area (Å²) < 4.78 is 5.29. The zero-order valence-electron chi connectivity index (χ0n) is 9.53. The number of rotatable bonds is 4. The molecule has 16 heavy (non-hydrogen) atoms. The molecule has 1 N–H and O–H groups in total. The molecular weight excluding hydrogens is 208 g/mol. The first-order valence-electron chi connectivity index (χ1n) is 4.99. The zero-order valence-corrected chi connectivity index (χ0v) is 9.53. The van der Waals surface area contributed by atoms with Gasteiger partial charge in [-0.1, -0.05) is 6.07 Å². The highest BCUT2D eigenvalue weighted by atomic mass is 16.5. The Morgan fingerprint density at radius 2 is 1.94 bits per heavy atom. The lowest BCUT2D eigenvalue weighted by molar-refractivity contribution is -0.131. The van der Waals surface area contributed by atoms with Crippen molar-refractivity contribution in [1.29, 1.82) is 0 Å². The number of aliphatic carboxylic acids is 1. The van der Waals surface area contributed by atoms with Crippen molar-refractivity contribution in [2.45, 2.75) is 20.8 Å². The minimum absolute atomic E-state index is 0.139. The summed E-state index contributed by atoms with van der Waals surface area (Å²) in [5.74, 6) is -2.05. The highest BCUT2D eigenvalue weighted by molar-refractivity contribution is 6.40. The number of carboxylic acid groups (broad SMARTS) is 1. The van der Waals surface area contributed by atoms with Crippen LogP contribution in [0.25, 0.3) is 0 Å². The molecule has 0 saturated carbocycles. The first-order chi connectivity index (χ1) is 7.47. The maximum atomic E-state index is 11.5. The van der Waals surface area contributed by atoms with E-state index in [1.807, 2.05) is 6.92 Å². The number of ether oxygens (including phenoxy) is 1. The third kappa shape index (κ3) is 2.39. The first-order valence-corrected chi connectivity index (χ1v) is 4.99. The Balaban J connectivity index is 3.34.